The van der Waals surface area contributed by atoms with Gasteiger partial charge >= 0.3 is 0 Å². The molecule has 0 radical (unpaired) electrons. The number of hydrogen-bond acceptors (Lipinski definition) is 4. The average Bonchev–Trinajstić information content (AvgIpc) is 3.21. The number of benzene rings is 1. The third kappa shape index (κ3) is 4.34. The van der Waals surface area contributed by atoms with E-state index in [-0.39, 0.29) is 23.6 Å². The molecule has 7 heteroatoms. The number of piperidine rings is 1. The maximum Gasteiger partial charge on any atom is 0.223 e. The summed E-state index contributed by atoms with van der Waals surface area (Å²) >= 11 is 1.62. The number of carbonyl (C=O) groups is 1. The van der Waals surface area contributed by atoms with Gasteiger partial charge in [0.2, 0.25) is 15.9 Å². The number of nitrogens with one attached hydrogen (secondary N) is 1. The van der Waals surface area contributed by atoms with Crippen molar-refractivity contribution in [3.63, 3.8) is 0 Å². The molecule has 0 spiro atoms. The minimum atomic E-state index is -3.17. The van der Waals surface area contributed by atoms with E-state index in [0.717, 1.165) is 10.4 Å². The van der Waals surface area contributed by atoms with Crippen LogP contribution in [0.5, 0.6) is 0 Å². The fourth-order valence-corrected chi connectivity index (χ4v) is 5.19. The number of sulfonamides is 1. The predicted octanol–water partition coefficient (Wildman–Crippen LogP) is 3.02. The lowest BCUT2D eigenvalue weighted by molar-refractivity contribution is -0.126. The fraction of sp³-hybridized carbons (Fsp3) is 0.421. The molecule has 1 N–H and O–H groups in total. The molecule has 0 aliphatic carbocycles. The fourth-order valence-electron chi connectivity index (χ4n) is 3.26. The van der Waals surface area contributed by atoms with Crippen LogP contribution in [0.25, 0.3) is 0 Å². The molecule has 0 saturated carbocycles. The van der Waals surface area contributed by atoms with Crippen LogP contribution in [-0.2, 0) is 14.8 Å². The van der Waals surface area contributed by atoms with Crippen molar-refractivity contribution in [3.05, 3.63) is 58.3 Å². The Morgan fingerprint density at radius 2 is 1.88 bits per heavy atom. The topological polar surface area (TPSA) is 66.5 Å². The van der Waals surface area contributed by atoms with Crippen molar-refractivity contribution in [3.8, 4) is 0 Å². The highest BCUT2D eigenvalue weighted by molar-refractivity contribution is 7.89. The summed E-state index contributed by atoms with van der Waals surface area (Å²) in [6.45, 7) is 2.49. The molecule has 1 aliphatic rings. The van der Waals surface area contributed by atoms with E-state index in [9.17, 15) is 13.2 Å². The summed E-state index contributed by atoms with van der Waals surface area (Å²) in [6, 6.07) is 13.8. The molecule has 1 aromatic carbocycles. The van der Waals surface area contributed by atoms with E-state index >= 15 is 0 Å². The standard InChI is InChI=1S/C19H24N2O3S2/c1-2-26(23,24)21-12-10-16(11-13-21)19(22)20-18(17-9-6-14-25-17)15-7-4-3-5-8-15/h3-9,14,16,18H,2,10-13H2,1H3,(H,20,22). The number of nitrogens with zero attached hydrogens (tertiary/aromatic N) is 1. The average molecular weight is 393 g/mol. The molecule has 140 valence electrons. The Balaban J connectivity index is 1.68. The molecule has 2 heterocycles. The van der Waals surface area contributed by atoms with Gasteiger partial charge in [0.1, 0.15) is 0 Å². The third-order valence-corrected chi connectivity index (χ3v) is 7.65. The van der Waals surface area contributed by atoms with Crippen molar-refractivity contribution in [2.45, 2.75) is 25.8 Å². The first-order valence-corrected chi connectivity index (χ1v) is 11.4. The lowest BCUT2D eigenvalue weighted by atomic mass is 9.96. The van der Waals surface area contributed by atoms with Gasteiger partial charge in [-0.05, 0) is 36.8 Å². The summed E-state index contributed by atoms with van der Waals surface area (Å²) in [4.78, 5) is 13.9. The Bertz CT molecular complexity index is 812. The van der Waals surface area contributed by atoms with Gasteiger partial charge in [0.25, 0.3) is 0 Å². The molecular formula is C19H24N2O3S2. The summed E-state index contributed by atoms with van der Waals surface area (Å²) < 4.78 is 25.5. The normalized spacial score (nSPS) is 17.7. The van der Waals surface area contributed by atoms with Gasteiger partial charge in [-0.15, -0.1) is 11.3 Å². The number of carbonyl (C=O) groups excluding carboxylic acids is 1. The molecule has 1 aliphatic heterocycles. The molecule has 1 amide bonds. The second-order valence-electron chi connectivity index (χ2n) is 6.44. The Labute approximate surface area is 159 Å². The summed E-state index contributed by atoms with van der Waals surface area (Å²) in [6.07, 6.45) is 1.13. The van der Waals surface area contributed by atoms with E-state index in [1.807, 2.05) is 47.8 Å². The van der Waals surface area contributed by atoms with Crippen LogP contribution in [0.3, 0.4) is 0 Å². The lowest BCUT2D eigenvalue weighted by Crippen LogP contribution is -2.44. The van der Waals surface area contributed by atoms with Crippen molar-refractivity contribution in [2.24, 2.45) is 5.92 Å². The van der Waals surface area contributed by atoms with Crippen LogP contribution in [0.2, 0.25) is 0 Å². The number of amides is 1. The summed E-state index contributed by atoms with van der Waals surface area (Å²) in [5.41, 5.74) is 1.05. The monoisotopic (exact) mass is 392 g/mol. The zero-order valence-electron chi connectivity index (χ0n) is 14.8. The Morgan fingerprint density at radius 3 is 2.46 bits per heavy atom. The first-order valence-electron chi connectivity index (χ1n) is 8.88. The van der Waals surface area contributed by atoms with Crippen LogP contribution in [0.1, 0.15) is 36.2 Å². The highest BCUT2D eigenvalue weighted by Gasteiger charge is 2.31. The van der Waals surface area contributed by atoms with E-state index < -0.39 is 10.0 Å². The van der Waals surface area contributed by atoms with Crippen LogP contribution in [0.15, 0.2) is 47.8 Å². The second-order valence-corrected chi connectivity index (χ2v) is 9.68. The van der Waals surface area contributed by atoms with Crippen molar-refractivity contribution >= 4 is 27.3 Å². The predicted molar refractivity (Wildman–Crippen MR) is 105 cm³/mol. The maximum atomic E-state index is 12.8. The molecule has 1 atom stereocenters. The van der Waals surface area contributed by atoms with Crippen LogP contribution >= 0.6 is 11.3 Å². The number of thiophene rings is 1. The lowest BCUT2D eigenvalue weighted by Gasteiger charge is -2.31. The van der Waals surface area contributed by atoms with E-state index in [2.05, 4.69) is 5.32 Å². The molecule has 1 saturated heterocycles. The van der Waals surface area contributed by atoms with Gasteiger partial charge in [-0.1, -0.05) is 36.4 Å². The summed E-state index contributed by atoms with van der Waals surface area (Å²) in [5.74, 6) is -0.0384. The van der Waals surface area contributed by atoms with Crippen LogP contribution in [0, 0.1) is 5.92 Å². The number of rotatable bonds is 6. The van der Waals surface area contributed by atoms with Crippen LogP contribution in [-0.4, -0.2) is 37.5 Å². The van der Waals surface area contributed by atoms with Crippen LogP contribution < -0.4 is 5.32 Å². The molecule has 26 heavy (non-hydrogen) atoms. The minimum Gasteiger partial charge on any atom is -0.344 e. The van der Waals surface area contributed by atoms with Gasteiger partial charge in [-0.2, -0.15) is 0 Å². The van der Waals surface area contributed by atoms with Gasteiger partial charge in [0.15, 0.2) is 0 Å². The third-order valence-electron chi connectivity index (χ3n) is 4.83. The molecule has 1 aromatic heterocycles. The molecule has 2 aromatic rings. The molecule has 5 nitrogen and oxygen atoms in total. The van der Waals surface area contributed by atoms with Gasteiger partial charge in [-0.3, -0.25) is 4.79 Å². The zero-order chi connectivity index (χ0) is 18.6. The van der Waals surface area contributed by atoms with E-state index in [4.69, 9.17) is 0 Å². The van der Waals surface area contributed by atoms with Crippen molar-refractivity contribution < 1.29 is 13.2 Å². The first kappa shape index (κ1) is 19.1. The highest BCUT2D eigenvalue weighted by atomic mass is 32.2. The quantitative estimate of drug-likeness (QED) is 0.822. The first-order chi connectivity index (χ1) is 12.5. The van der Waals surface area contributed by atoms with Gasteiger partial charge < -0.3 is 5.32 Å². The summed E-state index contributed by atoms with van der Waals surface area (Å²) in [5, 5.41) is 5.18. The van der Waals surface area contributed by atoms with Crippen molar-refractivity contribution in [2.75, 3.05) is 18.8 Å². The van der Waals surface area contributed by atoms with Gasteiger partial charge in [0, 0.05) is 23.9 Å². The molecule has 1 unspecified atom stereocenters. The van der Waals surface area contributed by atoms with Gasteiger partial charge in [-0.25, -0.2) is 12.7 Å². The van der Waals surface area contributed by atoms with Crippen LogP contribution in [0.4, 0.5) is 0 Å². The molecule has 1 fully saturated rings. The van der Waals surface area contributed by atoms with E-state index in [1.165, 1.54) is 4.31 Å². The minimum absolute atomic E-state index is 0.000740. The number of hydrogen-bond donors (Lipinski definition) is 1. The Hall–Kier alpha value is -1.70. The largest absolute Gasteiger partial charge is 0.344 e. The van der Waals surface area contributed by atoms with Crippen molar-refractivity contribution in [1.29, 1.82) is 0 Å². The molecule has 3 rings (SSSR count). The Kier molecular flexibility index (Phi) is 6.11. The summed E-state index contributed by atoms with van der Waals surface area (Å²) in [7, 11) is -3.17. The Morgan fingerprint density at radius 1 is 1.19 bits per heavy atom. The van der Waals surface area contributed by atoms with Gasteiger partial charge in [0.05, 0.1) is 11.8 Å². The van der Waals surface area contributed by atoms with Crippen molar-refractivity contribution in [1.82, 2.24) is 9.62 Å². The molecule has 0 bridgehead atoms. The van der Waals surface area contributed by atoms with E-state index in [0.29, 0.717) is 25.9 Å². The highest BCUT2D eigenvalue weighted by Crippen LogP contribution is 2.28. The van der Waals surface area contributed by atoms with E-state index in [1.54, 1.807) is 18.3 Å². The SMILES string of the molecule is CCS(=O)(=O)N1CCC(C(=O)NC(c2ccccc2)c2cccs2)CC1. The smallest absolute Gasteiger partial charge is 0.223 e. The zero-order valence-corrected chi connectivity index (χ0v) is 16.4. The maximum absolute atomic E-state index is 12.8. The second kappa shape index (κ2) is 8.33. The molecular weight excluding hydrogens is 368 g/mol.